The number of carbonyl (C=O) groups excluding carboxylic acids is 1. The maximum atomic E-state index is 13.8. The molecule has 1 aliphatic rings. The second-order valence-corrected chi connectivity index (χ2v) is 9.54. The summed E-state index contributed by atoms with van der Waals surface area (Å²) < 4.78 is 7.05. The smallest absolute Gasteiger partial charge is 0.318 e. The van der Waals surface area contributed by atoms with Gasteiger partial charge in [0, 0.05) is 19.7 Å². The first-order chi connectivity index (χ1) is 17.6. The van der Waals surface area contributed by atoms with Crippen LogP contribution in [0.25, 0.3) is 16.6 Å². The minimum absolute atomic E-state index is 0.124. The number of para-hydroxylation sites is 1. The highest BCUT2D eigenvalue weighted by Crippen LogP contribution is 2.27. The van der Waals surface area contributed by atoms with Crippen molar-refractivity contribution in [1.29, 1.82) is 0 Å². The van der Waals surface area contributed by atoms with Crippen molar-refractivity contribution in [2.75, 3.05) is 20.3 Å². The third-order valence-corrected chi connectivity index (χ3v) is 7.20. The molecule has 2 aromatic carbocycles. The zero-order valence-electron chi connectivity index (χ0n) is 21.7. The van der Waals surface area contributed by atoms with E-state index in [1.54, 1.807) is 16.6 Å². The molecule has 0 spiro atoms. The standard InChI is InChI=1S/C29H38N4O3/c1-4-21-15-17-23(18-16-21)33-27(31-25-14-10-9-13-24(25)28(33)34)26(5-2)32(19-20-36-3)29(35)30-22-11-7-6-8-12-22/h9-10,13-18,22,26H,4-8,11-12,19-20H2,1-3H3,(H,30,35). The van der Waals surface area contributed by atoms with Gasteiger partial charge in [0.2, 0.25) is 0 Å². The van der Waals surface area contributed by atoms with Crippen molar-refractivity contribution < 1.29 is 9.53 Å². The summed E-state index contributed by atoms with van der Waals surface area (Å²) in [4.78, 5) is 34.2. The lowest BCUT2D eigenvalue weighted by atomic mass is 9.96. The Morgan fingerprint density at radius 2 is 1.83 bits per heavy atom. The molecular weight excluding hydrogens is 452 g/mol. The highest BCUT2D eigenvalue weighted by Gasteiger charge is 2.30. The summed E-state index contributed by atoms with van der Waals surface area (Å²) in [5.74, 6) is 0.570. The van der Waals surface area contributed by atoms with E-state index in [0.717, 1.165) is 37.8 Å². The predicted octanol–water partition coefficient (Wildman–Crippen LogP) is 5.39. The normalized spacial score (nSPS) is 15.1. The largest absolute Gasteiger partial charge is 0.383 e. The highest BCUT2D eigenvalue weighted by molar-refractivity contribution is 5.78. The van der Waals surface area contributed by atoms with Gasteiger partial charge in [-0.05, 0) is 55.5 Å². The molecule has 0 bridgehead atoms. The van der Waals surface area contributed by atoms with Gasteiger partial charge in [0.05, 0.1) is 29.2 Å². The number of hydrogen-bond donors (Lipinski definition) is 1. The number of nitrogens with zero attached hydrogens (tertiary/aromatic N) is 3. The number of aryl methyl sites for hydroxylation is 1. The number of methoxy groups -OCH3 is 1. The fraction of sp³-hybridized carbons (Fsp3) is 0.483. The van der Waals surface area contributed by atoms with Gasteiger partial charge in [0.15, 0.2) is 0 Å². The second kappa shape index (κ2) is 12.2. The van der Waals surface area contributed by atoms with Crippen LogP contribution < -0.4 is 10.9 Å². The van der Waals surface area contributed by atoms with E-state index in [1.807, 2.05) is 55.5 Å². The Morgan fingerprint density at radius 1 is 1.11 bits per heavy atom. The number of urea groups is 1. The fourth-order valence-corrected chi connectivity index (χ4v) is 5.14. The first kappa shape index (κ1) is 25.9. The number of aromatic nitrogens is 2. The van der Waals surface area contributed by atoms with E-state index in [1.165, 1.54) is 12.0 Å². The number of hydrogen-bond acceptors (Lipinski definition) is 4. The van der Waals surface area contributed by atoms with Crippen LogP contribution in [0, 0.1) is 0 Å². The Kier molecular flexibility index (Phi) is 8.75. The van der Waals surface area contributed by atoms with Crippen LogP contribution in [0.5, 0.6) is 0 Å². The Bertz CT molecular complexity index is 1220. The quantitative estimate of drug-likeness (QED) is 0.436. The van der Waals surface area contributed by atoms with Crippen LogP contribution in [0.1, 0.15) is 69.8 Å². The third-order valence-electron chi connectivity index (χ3n) is 7.20. The summed E-state index contributed by atoms with van der Waals surface area (Å²) in [5, 5.41) is 3.82. The van der Waals surface area contributed by atoms with Gasteiger partial charge < -0.3 is 15.0 Å². The van der Waals surface area contributed by atoms with Gasteiger partial charge in [0.25, 0.3) is 5.56 Å². The van der Waals surface area contributed by atoms with Crippen molar-refractivity contribution in [2.45, 2.75) is 70.9 Å². The predicted molar refractivity (Wildman–Crippen MR) is 144 cm³/mol. The van der Waals surface area contributed by atoms with Crippen LogP contribution in [-0.4, -0.2) is 46.8 Å². The molecule has 7 nitrogen and oxygen atoms in total. The van der Waals surface area contributed by atoms with Crippen molar-refractivity contribution >= 4 is 16.9 Å². The fourth-order valence-electron chi connectivity index (χ4n) is 5.14. The van der Waals surface area contributed by atoms with Crippen molar-refractivity contribution in [3.63, 3.8) is 0 Å². The lowest BCUT2D eigenvalue weighted by Gasteiger charge is -2.34. The topological polar surface area (TPSA) is 76.5 Å². The lowest BCUT2D eigenvalue weighted by Crippen LogP contribution is -2.49. The zero-order valence-corrected chi connectivity index (χ0v) is 21.7. The summed E-state index contributed by atoms with van der Waals surface area (Å²) in [6, 6.07) is 15.1. The first-order valence-electron chi connectivity index (χ1n) is 13.2. The SMILES string of the molecule is CCc1ccc(-n2c(C(CC)N(CCOC)C(=O)NC3CCCCC3)nc3ccccc3c2=O)cc1. The van der Waals surface area contributed by atoms with Gasteiger partial charge in [-0.25, -0.2) is 9.78 Å². The monoisotopic (exact) mass is 490 g/mol. The van der Waals surface area contributed by atoms with Crippen LogP contribution in [0.15, 0.2) is 53.3 Å². The van der Waals surface area contributed by atoms with Gasteiger partial charge in [-0.1, -0.05) is 57.4 Å². The molecule has 36 heavy (non-hydrogen) atoms. The number of rotatable bonds is 9. The minimum atomic E-state index is -0.396. The Hall–Kier alpha value is -3.19. The van der Waals surface area contributed by atoms with E-state index in [0.29, 0.717) is 36.3 Å². The molecule has 0 radical (unpaired) electrons. The minimum Gasteiger partial charge on any atom is -0.383 e. The summed E-state index contributed by atoms with van der Waals surface area (Å²) >= 11 is 0. The van der Waals surface area contributed by atoms with Crippen molar-refractivity contribution in [3.8, 4) is 5.69 Å². The summed E-state index contributed by atoms with van der Waals surface area (Å²) in [6.45, 7) is 4.95. The van der Waals surface area contributed by atoms with Gasteiger partial charge in [0.1, 0.15) is 5.82 Å². The number of nitrogens with one attached hydrogen (secondary N) is 1. The summed E-state index contributed by atoms with van der Waals surface area (Å²) in [7, 11) is 1.64. The van der Waals surface area contributed by atoms with Crippen molar-refractivity contribution in [2.24, 2.45) is 0 Å². The van der Waals surface area contributed by atoms with E-state index in [4.69, 9.17) is 9.72 Å². The molecule has 1 N–H and O–H groups in total. The Balaban J connectivity index is 1.82. The van der Waals surface area contributed by atoms with Gasteiger partial charge in [-0.15, -0.1) is 0 Å². The molecule has 1 aliphatic carbocycles. The van der Waals surface area contributed by atoms with E-state index in [-0.39, 0.29) is 17.6 Å². The van der Waals surface area contributed by atoms with E-state index in [9.17, 15) is 9.59 Å². The molecule has 7 heteroatoms. The molecule has 1 saturated carbocycles. The molecule has 1 heterocycles. The Morgan fingerprint density at radius 3 is 2.50 bits per heavy atom. The third kappa shape index (κ3) is 5.62. The van der Waals surface area contributed by atoms with Gasteiger partial charge >= 0.3 is 6.03 Å². The summed E-state index contributed by atoms with van der Waals surface area (Å²) in [6.07, 6.45) is 7.04. The highest BCUT2D eigenvalue weighted by atomic mass is 16.5. The van der Waals surface area contributed by atoms with Crippen LogP contribution in [0.3, 0.4) is 0 Å². The van der Waals surface area contributed by atoms with Gasteiger partial charge in [-0.2, -0.15) is 0 Å². The van der Waals surface area contributed by atoms with Crippen LogP contribution >= 0.6 is 0 Å². The number of benzene rings is 2. The number of ether oxygens (including phenoxy) is 1. The molecule has 1 fully saturated rings. The van der Waals surface area contributed by atoms with Gasteiger partial charge in [-0.3, -0.25) is 9.36 Å². The molecule has 3 aromatic rings. The summed E-state index contributed by atoms with van der Waals surface area (Å²) in [5.41, 5.74) is 2.46. The van der Waals surface area contributed by atoms with Crippen molar-refractivity contribution in [3.05, 3.63) is 70.3 Å². The lowest BCUT2D eigenvalue weighted by molar-refractivity contribution is 0.121. The number of fused-ring (bicyclic) bond motifs is 1. The Labute approximate surface area is 213 Å². The molecule has 2 amide bonds. The maximum Gasteiger partial charge on any atom is 0.318 e. The molecular formula is C29H38N4O3. The van der Waals surface area contributed by atoms with E-state index in [2.05, 4.69) is 12.2 Å². The van der Waals surface area contributed by atoms with E-state index >= 15 is 0 Å². The van der Waals surface area contributed by atoms with Crippen LogP contribution in [0.4, 0.5) is 4.79 Å². The molecule has 192 valence electrons. The zero-order chi connectivity index (χ0) is 25.5. The molecule has 0 aliphatic heterocycles. The maximum absolute atomic E-state index is 13.8. The van der Waals surface area contributed by atoms with E-state index < -0.39 is 6.04 Å². The second-order valence-electron chi connectivity index (χ2n) is 9.54. The molecule has 1 aromatic heterocycles. The molecule has 1 atom stereocenters. The number of carbonyl (C=O) groups is 1. The van der Waals surface area contributed by atoms with Crippen LogP contribution in [0.2, 0.25) is 0 Å². The average Bonchev–Trinajstić information content (AvgIpc) is 2.91. The molecule has 4 rings (SSSR count). The molecule has 1 unspecified atom stereocenters. The van der Waals surface area contributed by atoms with Crippen molar-refractivity contribution in [1.82, 2.24) is 19.8 Å². The number of amides is 2. The average molecular weight is 491 g/mol. The molecule has 0 saturated heterocycles. The first-order valence-corrected chi connectivity index (χ1v) is 13.2. The van der Waals surface area contributed by atoms with Crippen LogP contribution in [-0.2, 0) is 11.2 Å².